The molecule has 1 unspecified atom stereocenters. The van der Waals surface area contributed by atoms with Gasteiger partial charge in [-0.1, -0.05) is 6.08 Å². The van der Waals surface area contributed by atoms with Crippen LogP contribution < -0.4 is 11.1 Å². The minimum atomic E-state index is -5.01. The molecular weight excluding hydrogens is 539 g/mol. The van der Waals surface area contributed by atoms with Crippen LogP contribution in [0.5, 0.6) is 0 Å². The summed E-state index contributed by atoms with van der Waals surface area (Å²) in [7, 11) is 1.17. The summed E-state index contributed by atoms with van der Waals surface area (Å²) in [5.74, 6) is -0.846. The molecule has 14 heteroatoms. The number of ether oxygens (including phenoxy) is 3. The number of morpholine rings is 1. The van der Waals surface area contributed by atoms with Gasteiger partial charge in [-0.3, -0.25) is 10.2 Å². The molecule has 2 aliphatic rings. The number of carbonyl (C=O) groups excluding carboxylic acids is 1. The highest BCUT2D eigenvalue weighted by Gasteiger charge is 2.41. The van der Waals surface area contributed by atoms with E-state index in [0.29, 0.717) is 18.7 Å². The zero-order valence-electron chi connectivity index (χ0n) is 21.0. The Kier molecular flexibility index (Phi) is 9.67. The van der Waals surface area contributed by atoms with E-state index >= 15 is 0 Å². The summed E-state index contributed by atoms with van der Waals surface area (Å²) in [4.78, 5) is 13.2. The van der Waals surface area contributed by atoms with Gasteiger partial charge in [0.05, 0.1) is 37.0 Å². The van der Waals surface area contributed by atoms with Crippen molar-refractivity contribution < 1.29 is 49.7 Å². The number of benzene rings is 1. The van der Waals surface area contributed by atoms with E-state index in [1.807, 2.05) is 4.90 Å². The monoisotopic (exact) mass is 567 g/mol. The second-order valence-corrected chi connectivity index (χ2v) is 9.02. The van der Waals surface area contributed by atoms with Crippen molar-refractivity contribution in [1.82, 2.24) is 10.2 Å². The quantitative estimate of drug-likeness (QED) is 0.429. The summed E-state index contributed by atoms with van der Waals surface area (Å²) in [5, 5.41) is 2.33. The molecule has 0 radical (unpaired) electrons. The molecular formula is C25H28F7N3O4. The van der Waals surface area contributed by atoms with Gasteiger partial charge >= 0.3 is 18.4 Å². The van der Waals surface area contributed by atoms with Crippen LogP contribution in [-0.2, 0) is 26.6 Å². The van der Waals surface area contributed by atoms with Crippen LogP contribution in [0.25, 0.3) is 0 Å². The minimum absolute atomic E-state index is 0.0447. The van der Waals surface area contributed by atoms with E-state index in [4.69, 9.17) is 15.2 Å². The van der Waals surface area contributed by atoms with Crippen LogP contribution in [0.1, 0.15) is 36.1 Å². The number of halogens is 7. The van der Waals surface area contributed by atoms with E-state index in [1.54, 1.807) is 6.08 Å². The second kappa shape index (κ2) is 12.4. The summed E-state index contributed by atoms with van der Waals surface area (Å²) in [5.41, 5.74) is 2.99. The lowest BCUT2D eigenvalue weighted by Crippen LogP contribution is -2.56. The van der Waals surface area contributed by atoms with Gasteiger partial charge < -0.3 is 19.9 Å². The third kappa shape index (κ3) is 8.19. The fraction of sp³-hybridized carbons (Fsp3) is 0.480. The molecule has 1 aromatic carbocycles. The maximum atomic E-state index is 13.7. The van der Waals surface area contributed by atoms with Crippen LogP contribution in [0.4, 0.5) is 35.5 Å². The molecule has 1 aliphatic carbocycles. The van der Waals surface area contributed by atoms with Crippen molar-refractivity contribution in [2.24, 2.45) is 11.7 Å². The standard InChI is InChI=1S/C25H28F7N3O4/c1-14(16-9-17(24(27,28)29)11-18(10-16)25(30,31)32)39-22-21(15-3-5-19(26)6-4-15)35(7-8-38-22)13-20(33)12-34-23(36)37-2/h3,5-6,9-12,14-15,21-22H,4,7-8,13,33H2,1-2H3,(H,34,36)/b20-12-/t14-,15-,21?,22-/m1/s1. The molecule has 0 spiro atoms. The van der Waals surface area contributed by atoms with Gasteiger partial charge in [-0.05, 0) is 49.3 Å². The maximum Gasteiger partial charge on any atom is 0.416 e. The number of amides is 1. The number of carbonyl (C=O) groups is 1. The normalized spacial score (nSPS) is 23.8. The highest BCUT2D eigenvalue weighted by atomic mass is 19.4. The molecule has 216 valence electrons. The van der Waals surface area contributed by atoms with Gasteiger partial charge in [-0.2, -0.15) is 26.3 Å². The fourth-order valence-corrected chi connectivity index (χ4v) is 4.33. The maximum absolute atomic E-state index is 13.7. The summed E-state index contributed by atoms with van der Waals surface area (Å²) in [6.45, 7) is 1.83. The van der Waals surface area contributed by atoms with Crippen LogP contribution in [0.2, 0.25) is 0 Å². The highest BCUT2D eigenvalue weighted by molar-refractivity contribution is 5.68. The smallest absolute Gasteiger partial charge is 0.416 e. The highest BCUT2D eigenvalue weighted by Crippen LogP contribution is 2.39. The first kappa shape index (κ1) is 30.4. The van der Waals surface area contributed by atoms with Crippen molar-refractivity contribution in [2.75, 3.05) is 26.8 Å². The van der Waals surface area contributed by atoms with Crippen molar-refractivity contribution in [3.05, 3.63) is 70.8 Å². The van der Waals surface area contributed by atoms with Crippen LogP contribution in [-0.4, -0.2) is 50.1 Å². The van der Waals surface area contributed by atoms with E-state index in [9.17, 15) is 35.5 Å². The van der Waals surface area contributed by atoms with E-state index in [-0.39, 0.29) is 36.9 Å². The van der Waals surface area contributed by atoms with Crippen LogP contribution >= 0.6 is 0 Å². The topological polar surface area (TPSA) is 86.0 Å². The first-order valence-electron chi connectivity index (χ1n) is 11.8. The number of hydrogen-bond donors (Lipinski definition) is 2. The predicted molar refractivity (Wildman–Crippen MR) is 125 cm³/mol. The van der Waals surface area contributed by atoms with Gasteiger partial charge in [0.2, 0.25) is 0 Å². The molecule has 1 amide bonds. The summed E-state index contributed by atoms with van der Waals surface area (Å²) in [6.07, 6.45) is -7.49. The Morgan fingerprint density at radius 1 is 1.21 bits per heavy atom. The molecule has 4 atom stereocenters. The first-order chi connectivity index (χ1) is 18.2. The van der Waals surface area contributed by atoms with Crippen molar-refractivity contribution in [2.45, 2.75) is 44.1 Å². The van der Waals surface area contributed by atoms with Crippen molar-refractivity contribution in [3.8, 4) is 0 Å². The van der Waals surface area contributed by atoms with E-state index < -0.39 is 59.8 Å². The third-order valence-corrected chi connectivity index (χ3v) is 6.25. The number of nitrogens with two attached hydrogens (primary N) is 1. The van der Waals surface area contributed by atoms with Gasteiger partial charge in [0.1, 0.15) is 5.83 Å². The van der Waals surface area contributed by atoms with Crippen molar-refractivity contribution in [3.63, 3.8) is 0 Å². The summed E-state index contributed by atoms with van der Waals surface area (Å²) < 4.78 is 110. The van der Waals surface area contributed by atoms with Gasteiger partial charge in [0.25, 0.3) is 0 Å². The Morgan fingerprint density at radius 2 is 1.85 bits per heavy atom. The van der Waals surface area contributed by atoms with E-state index in [1.165, 1.54) is 32.4 Å². The summed E-state index contributed by atoms with van der Waals surface area (Å²) in [6, 6.07) is 0.601. The Bertz CT molecular complexity index is 1090. The predicted octanol–water partition coefficient (Wildman–Crippen LogP) is 5.41. The Balaban J connectivity index is 1.90. The number of methoxy groups -OCH3 is 1. The molecule has 1 fully saturated rings. The lowest BCUT2D eigenvalue weighted by molar-refractivity contribution is -0.233. The Hall–Kier alpha value is -3.10. The van der Waals surface area contributed by atoms with Gasteiger partial charge in [0, 0.05) is 30.9 Å². The van der Waals surface area contributed by atoms with Crippen molar-refractivity contribution >= 4 is 6.09 Å². The van der Waals surface area contributed by atoms with Crippen LogP contribution in [0.3, 0.4) is 0 Å². The number of alkyl halides is 6. The molecule has 3 N–H and O–H groups in total. The molecule has 1 aliphatic heterocycles. The minimum Gasteiger partial charge on any atom is -0.453 e. The van der Waals surface area contributed by atoms with Crippen LogP contribution in [0, 0.1) is 5.92 Å². The van der Waals surface area contributed by atoms with E-state index in [2.05, 4.69) is 10.1 Å². The average molecular weight is 568 g/mol. The zero-order chi connectivity index (χ0) is 29.0. The zero-order valence-corrected chi connectivity index (χ0v) is 21.0. The lowest BCUT2D eigenvalue weighted by Gasteiger charge is -2.45. The number of rotatable bonds is 7. The summed E-state index contributed by atoms with van der Waals surface area (Å²) >= 11 is 0. The molecule has 1 heterocycles. The lowest BCUT2D eigenvalue weighted by atomic mass is 9.89. The fourth-order valence-electron chi connectivity index (χ4n) is 4.33. The van der Waals surface area contributed by atoms with Crippen LogP contribution in [0.15, 0.2) is 54.2 Å². The molecule has 0 bridgehead atoms. The SMILES string of the molecule is COC(=O)N/C=C(\N)CN1CCO[C@H](O[C@H](C)c2cc(C(F)(F)F)cc(C(F)(F)F)c2)C1[C@@H]1C=CC(F)=CC1. The van der Waals surface area contributed by atoms with Gasteiger partial charge in [0.15, 0.2) is 6.29 Å². The number of nitrogens with zero attached hydrogens (tertiary/aromatic N) is 1. The molecule has 0 saturated carbocycles. The van der Waals surface area contributed by atoms with Crippen molar-refractivity contribution in [1.29, 1.82) is 0 Å². The third-order valence-electron chi connectivity index (χ3n) is 6.25. The molecule has 0 aromatic heterocycles. The number of nitrogens with one attached hydrogen (secondary N) is 1. The van der Waals surface area contributed by atoms with Gasteiger partial charge in [-0.15, -0.1) is 0 Å². The Labute approximate surface area is 220 Å². The molecule has 7 nitrogen and oxygen atoms in total. The number of hydrogen-bond acceptors (Lipinski definition) is 6. The average Bonchev–Trinajstić information content (AvgIpc) is 2.87. The molecule has 3 rings (SSSR count). The number of allylic oxidation sites excluding steroid dienone is 3. The second-order valence-electron chi connectivity index (χ2n) is 9.02. The molecule has 1 saturated heterocycles. The molecule has 39 heavy (non-hydrogen) atoms. The van der Waals surface area contributed by atoms with Gasteiger partial charge in [-0.25, -0.2) is 9.18 Å². The van der Waals surface area contributed by atoms with E-state index in [0.717, 1.165) is 0 Å². The Morgan fingerprint density at radius 3 is 2.38 bits per heavy atom. The number of alkyl carbamates (subject to hydrolysis) is 1. The molecule has 1 aromatic rings. The largest absolute Gasteiger partial charge is 0.453 e. The first-order valence-corrected chi connectivity index (χ1v) is 11.8.